The van der Waals surface area contributed by atoms with Crippen LogP contribution in [0.4, 0.5) is 5.69 Å². The van der Waals surface area contributed by atoms with Crippen LogP contribution in [-0.4, -0.2) is 15.4 Å². The van der Waals surface area contributed by atoms with Crippen LogP contribution >= 0.6 is 22.9 Å². The quantitative estimate of drug-likeness (QED) is 0.373. The number of carbonyl (C=O) groups excluding carboxylic acids is 1. The smallest absolute Gasteiger partial charge is 0.288 e. The summed E-state index contributed by atoms with van der Waals surface area (Å²) in [6.45, 7) is 8.88. The Bertz CT molecular complexity index is 1210. The molecule has 0 saturated heterocycles. The second kappa shape index (κ2) is 8.93. The second-order valence-corrected chi connectivity index (χ2v) is 8.36. The molecule has 3 rings (SSSR count). The highest BCUT2D eigenvalue weighted by atomic mass is 35.5. The van der Waals surface area contributed by atoms with E-state index in [0.717, 1.165) is 22.6 Å². The lowest BCUT2D eigenvalue weighted by atomic mass is 10.0. The van der Waals surface area contributed by atoms with Crippen LogP contribution in [0.15, 0.2) is 41.4 Å². The van der Waals surface area contributed by atoms with Crippen molar-refractivity contribution in [1.82, 2.24) is 4.57 Å². The third-order valence-corrected chi connectivity index (χ3v) is 6.53. The molecule has 0 spiro atoms. The average Bonchev–Trinajstić information content (AvgIpc) is 3.07. The number of aryl methyl sites for hydroxylation is 3. The zero-order valence-corrected chi connectivity index (χ0v) is 18.8. The van der Waals surface area contributed by atoms with Gasteiger partial charge in [0, 0.05) is 23.1 Å². The van der Waals surface area contributed by atoms with Gasteiger partial charge in [0.2, 0.25) is 0 Å². The fourth-order valence-electron chi connectivity index (χ4n) is 3.22. The van der Waals surface area contributed by atoms with Crippen molar-refractivity contribution in [2.45, 2.75) is 40.7 Å². The van der Waals surface area contributed by atoms with Gasteiger partial charge in [-0.15, -0.1) is 11.3 Å². The molecular formula is C22H22ClN3O3S. The number of rotatable bonds is 5. The van der Waals surface area contributed by atoms with Crippen LogP contribution in [-0.2, 0) is 13.0 Å². The molecule has 156 valence electrons. The van der Waals surface area contributed by atoms with Crippen LogP contribution in [0.25, 0.3) is 11.3 Å². The zero-order valence-electron chi connectivity index (χ0n) is 17.2. The molecule has 0 unspecified atom stereocenters. The molecular weight excluding hydrogens is 422 g/mol. The van der Waals surface area contributed by atoms with E-state index < -0.39 is 10.8 Å². The van der Waals surface area contributed by atoms with E-state index in [2.05, 4.69) is 44.0 Å². The first-order valence-corrected chi connectivity index (χ1v) is 10.8. The Morgan fingerprint density at radius 3 is 2.50 bits per heavy atom. The molecule has 0 radical (unpaired) electrons. The molecule has 0 aliphatic heterocycles. The summed E-state index contributed by atoms with van der Waals surface area (Å²) < 4.78 is 2.02. The van der Waals surface area contributed by atoms with Gasteiger partial charge in [-0.2, -0.15) is 4.99 Å². The Morgan fingerprint density at radius 1 is 1.17 bits per heavy atom. The predicted molar refractivity (Wildman–Crippen MR) is 120 cm³/mol. The minimum absolute atomic E-state index is 0.0124. The van der Waals surface area contributed by atoms with E-state index in [9.17, 15) is 14.9 Å². The van der Waals surface area contributed by atoms with Gasteiger partial charge in [-0.25, -0.2) is 0 Å². The molecule has 0 fully saturated rings. The van der Waals surface area contributed by atoms with Crippen LogP contribution in [0.2, 0.25) is 5.02 Å². The normalized spacial score (nSPS) is 11.7. The van der Waals surface area contributed by atoms with Gasteiger partial charge in [0.15, 0.2) is 4.80 Å². The standard InChI is InChI=1S/C22H22ClN3O3S/c1-5-19-20(15-8-7-13(3)14(4)11-15)25(6-2)22(30-19)24-21(27)16-9-10-17(23)18(12-16)26(28)29/h7-12H,5-6H2,1-4H3. The van der Waals surface area contributed by atoms with Crippen LogP contribution in [0.1, 0.15) is 40.2 Å². The number of nitro groups is 1. The van der Waals surface area contributed by atoms with Crippen molar-refractivity contribution < 1.29 is 9.72 Å². The largest absolute Gasteiger partial charge is 0.316 e. The molecule has 0 bridgehead atoms. The lowest BCUT2D eigenvalue weighted by Crippen LogP contribution is -2.17. The number of hydrogen-bond acceptors (Lipinski definition) is 4. The third-order valence-electron chi connectivity index (χ3n) is 4.98. The lowest BCUT2D eigenvalue weighted by molar-refractivity contribution is -0.384. The summed E-state index contributed by atoms with van der Waals surface area (Å²) in [6, 6.07) is 10.3. The maximum Gasteiger partial charge on any atom is 0.288 e. The van der Waals surface area contributed by atoms with Gasteiger partial charge in [0.1, 0.15) is 5.02 Å². The van der Waals surface area contributed by atoms with Gasteiger partial charge in [0.05, 0.1) is 10.6 Å². The Balaban J connectivity index is 2.15. The Kier molecular flexibility index (Phi) is 6.53. The van der Waals surface area contributed by atoms with Crippen molar-refractivity contribution in [3.8, 4) is 11.3 Å². The van der Waals surface area contributed by atoms with Crippen molar-refractivity contribution >= 4 is 34.5 Å². The van der Waals surface area contributed by atoms with E-state index in [1.54, 1.807) is 0 Å². The van der Waals surface area contributed by atoms with E-state index >= 15 is 0 Å². The highest BCUT2D eigenvalue weighted by molar-refractivity contribution is 7.09. The van der Waals surface area contributed by atoms with Gasteiger partial charge >= 0.3 is 0 Å². The van der Waals surface area contributed by atoms with Crippen molar-refractivity contribution in [2.75, 3.05) is 0 Å². The molecule has 0 N–H and O–H groups in total. The van der Waals surface area contributed by atoms with Gasteiger partial charge in [-0.3, -0.25) is 14.9 Å². The molecule has 6 nitrogen and oxygen atoms in total. The van der Waals surface area contributed by atoms with Crippen LogP contribution in [0.5, 0.6) is 0 Å². The molecule has 3 aromatic rings. The van der Waals surface area contributed by atoms with Crippen molar-refractivity contribution in [2.24, 2.45) is 4.99 Å². The summed E-state index contributed by atoms with van der Waals surface area (Å²) in [5.41, 5.74) is 4.39. The fraction of sp³-hybridized carbons (Fsp3) is 0.273. The SMILES string of the molecule is CCc1sc(=NC(=O)c2ccc(Cl)c([N+](=O)[O-])c2)n(CC)c1-c1ccc(C)c(C)c1. The number of nitro benzene ring substituents is 1. The number of benzene rings is 2. The van der Waals surface area contributed by atoms with Gasteiger partial charge < -0.3 is 4.57 Å². The second-order valence-electron chi connectivity index (χ2n) is 6.89. The van der Waals surface area contributed by atoms with E-state index in [1.807, 2.05) is 11.5 Å². The number of amides is 1. The minimum Gasteiger partial charge on any atom is -0.316 e. The van der Waals surface area contributed by atoms with Gasteiger partial charge in [0.25, 0.3) is 11.6 Å². The van der Waals surface area contributed by atoms with Crippen molar-refractivity contribution in [3.63, 3.8) is 0 Å². The topological polar surface area (TPSA) is 77.5 Å². The molecule has 1 amide bonds. The van der Waals surface area contributed by atoms with E-state index in [-0.39, 0.29) is 16.3 Å². The number of hydrogen-bond donors (Lipinski definition) is 0. The van der Waals surface area contributed by atoms with Gasteiger partial charge in [-0.1, -0.05) is 30.7 Å². The first-order valence-electron chi connectivity index (χ1n) is 9.59. The molecule has 0 aliphatic carbocycles. The van der Waals surface area contributed by atoms with Crippen LogP contribution in [0.3, 0.4) is 0 Å². The molecule has 0 atom stereocenters. The van der Waals surface area contributed by atoms with E-state index in [4.69, 9.17) is 11.6 Å². The molecule has 0 aliphatic rings. The molecule has 8 heteroatoms. The number of halogens is 1. The zero-order chi connectivity index (χ0) is 22.0. The van der Waals surface area contributed by atoms with Crippen molar-refractivity contribution in [3.05, 3.63) is 77.9 Å². The number of aromatic nitrogens is 1. The fourth-order valence-corrected chi connectivity index (χ4v) is 4.55. The highest BCUT2D eigenvalue weighted by Gasteiger charge is 2.18. The lowest BCUT2D eigenvalue weighted by Gasteiger charge is -2.10. The third kappa shape index (κ3) is 4.22. The van der Waals surface area contributed by atoms with Gasteiger partial charge in [-0.05, 0) is 62.1 Å². The molecule has 1 aromatic heterocycles. The number of nitrogens with zero attached hydrogens (tertiary/aromatic N) is 3. The molecule has 2 aromatic carbocycles. The Morgan fingerprint density at radius 2 is 1.90 bits per heavy atom. The summed E-state index contributed by atoms with van der Waals surface area (Å²) in [4.78, 5) is 29.3. The Labute approximate surface area is 183 Å². The summed E-state index contributed by atoms with van der Waals surface area (Å²) in [6.07, 6.45) is 0.809. The summed E-state index contributed by atoms with van der Waals surface area (Å²) >= 11 is 7.32. The average molecular weight is 444 g/mol. The predicted octanol–water partition coefficient (Wildman–Crippen LogP) is 5.72. The maximum atomic E-state index is 12.8. The summed E-state index contributed by atoms with van der Waals surface area (Å²) in [5, 5.41) is 11.1. The number of carbonyl (C=O) groups is 1. The summed E-state index contributed by atoms with van der Waals surface area (Å²) in [7, 11) is 0. The van der Waals surface area contributed by atoms with E-state index in [1.165, 1.54) is 40.7 Å². The minimum atomic E-state index is -0.608. The van der Waals surface area contributed by atoms with E-state index in [0.29, 0.717) is 11.3 Å². The van der Waals surface area contributed by atoms with Crippen LogP contribution < -0.4 is 4.80 Å². The first kappa shape index (κ1) is 21.9. The van der Waals surface area contributed by atoms with Crippen molar-refractivity contribution in [1.29, 1.82) is 0 Å². The molecule has 0 saturated carbocycles. The molecule has 1 heterocycles. The number of thiazole rings is 1. The highest BCUT2D eigenvalue weighted by Crippen LogP contribution is 2.29. The monoisotopic (exact) mass is 443 g/mol. The summed E-state index contributed by atoms with van der Waals surface area (Å²) in [5.74, 6) is -0.535. The molecule has 30 heavy (non-hydrogen) atoms. The Hall–Kier alpha value is -2.77. The van der Waals surface area contributed by atoms with Crippen LogP contribution in [0, 0.1) is 24.0 Å². The first-order chi connectivity index (χ1) is 14.3. The maximum absolute atomic E-state index is 12.8.